The predicted molar refractivity (Wildman–Crippen MR) is 104 cm³/mol. The number of carbonyl (C=O) groups is 3. The standard InChI is InChI=1S/C19H21N3O4S/c1-11-6-7-14(17(25)12-4-2-3-5-12)15(8-11)21-18(26)22-19-20-13(10-27-19)9-16(23)24/h6-8,10,12H,2-5,9H2,1H3,(H,23,24)(H2,20,21,22,26). The molecule has 0 spiro atoms. The van der Waals surface area contributed by atoms with Gasteiger partial charge in [-0.25, -0.2) is 9.78 Å². The Bertz CT molecular complexity index is 872. The molecular formula is C19H21N3O4S. The molecule has 1 aromatic carbocycles. The van der Waals surface area contributed by atoms with Crippen molar-refractivity contribution >= 4 is 39.9 Å². The van der Waals surface area contributed by atoms with Crippen molar-refractivity contribution in [1.29, 1.82) is 0 Å². The van der Waals surface area contributed by atoms with E-state index in [2.05, 4.69) is 15.6 Å². The van der Waals surface area contributed by atoms with Gasteiger partial charge in [0.1, 0.15) is 0 Å². The summed E-state index contributed by atoms with van der Waals surface area (Å²) in [6.45, 7) is 1.89. The first kappa shape index (κ1) is 19.0. The normalized spacial score (nSPS) is 14.1. The van der Waals surface area contributed by atoms with Crippen molar-refractivity contribution in [2.45, 2.75) is 39.0 Å². The molecule has 1 fully saturated rings. The van der Waals surface area contributed by atoms with E-state index in [0.29, 0.717) is 22.1 Å². The molecule has 0 bridgehead atoms. The summed E-state index contributed by atoms with van der Waals surface area (Å²) in [5.41, 5.74) is 2.32. The third-order valence-corrected chi connectivity index (χ3v) is 5.33. The van der Waals surface area contributed by atoms with Crippen molar-refractivity contribution < 1.29 is 19.5 Å². The molecule has 1 aliphatic carbocycles. The second-order valence-corrected chi connectivity index (χ2v) is 7.55. The molecular weight excluding hydrogens is 366 g/mol. The lowest BCUT2D eigenvalue weighted by Gasteiger charge is -2.14. The Balaban J connectivity index is 1.71. The minimum absolute atomic E-state index is 0.0221. The number of thiazole rings is 1. The zero-order valence-corrected chi connectivity index (χ0v) is 15.8. The minimum atomic E-state index is -0.980. The van der Waals surface area contributed by atoms with E-state index in [1.807, 2.05) is 13.0 Å². The van der Waals surface area contributed by atoms with Crippen LogP contribution >= 0.6 is 11.3 Å². The Morgan fingerprint density at radius 2 is 1.96 bits per heavy atom. The molecule has 142 valence electrons. The van der Waals surface area contributed by atoms with Gasteiger partial charge in [0, 0.05) is 16.9 Å². The number of carboxylic acid groups (broad SMARTS) is 1. The number of nitrogens with zero attached hydrogens (tertiary/aromatic N) is 1. The quantitative estimate of drug-likeness (QED) is 0.647. The monoisotopic (exact) mass is 387 g/mol. The number of hydrogen-bond acceptors (Lipinski definition) is 5. The number of aliphatic carboxylic acids is 1. The fraction of sp³-hybridized carbons (Fsp3) is 0.368. The van der Waals surface area contributed by atoms with E-state index < -0.39 is 12.0 Å². The summed E-state index contributed by atoms with van der Waals surface area (Å²) in [6.07, 6.45) is 3.72. The van der Waals surface area contributed by atoms with Crippen LogP contribution in [-0.4, -0.2) is 27.9 Å². The SMILES string of the molecule is Cc1ccc(C(=O)C2CCCC2)c(NC(=O)Nc2nc(CC(=O)O)cs2)c1. The number of carboxylic acids is 1. The molecule has 0 radical (unpaired) electrons. The topological polar surface area (TPSA) is 108 Å². The number of anilines is 2. The molecule has 27 heavy (non-hydrogen) atoms. The molecule has 0 aliphatic heterocycles. The van der Waals surface area contributed by atoms with E-state index in [9.17, 15) is 14.4 Å². The summed E-state index contributed by atoms with van der Waals surface area (Å²) in [7, 11) is 0. The fourth-order valence-electron chi connectivity index (χ4n) is 3.24. The van der Waals surface area contributed by atoms with E-state index >= 15 is 0 Å². The van der Waals surface area contributed by atoms with E-state index in [1.165, 1.54) is 0 Å². The second-order valence-electron chi connectivity index (χ2n) is 6.69. The third-order valence-electron chi connectivity index (χ3n) is 4.52. The molecule has 3 N–H and O–H groups in total. The molecule has 1 aliphatic rings. The van der Waals surface area contributed by atoms with Crippen LogP contribution in [0.25, 0.3) is 0 Å². The van der Waals surface area contributed by atoms with Gasteiger partial charge < -0.3 is 10.4 Å². The van der Waals surface area contributed by atoms with Crippen LogP contribution in [0.5, 0.6) is 0 Å². The zero-order valence-electron chi connectivity index (χ0n) is 14.9. The summed E-state index contributed by atoms with van der Waals surface area (Å²) in [5.74, 6) is -0.888. The molecule has 0 unspecified atom stereocenters. The molecule has 0 atom stereocenters. The number of hydrogen-bond donors (Lipinski definition) is 3. The number of rotatable bonds is 6. The molecule has 1 aromatic heterocycles. The van der Waals surface area contributed by atoms with Gasteiger partial charge >= 0.3 is 12.0 Å². The summed E-state index contributed by atoms with van der Waals surface area (Å²) in [6, 6.07) is 4.89. The van der Waals surface area contributed by atoms with Crippen molar-refractivity contribution in [1.82, 2.24) is 4.98 Å². The number of Topliss-reactive ketones (excluding diaryl/α,β-unsaturated/α-hetero) is 1. The van der Waals surface area contributed by atoms with Gasteiger partial charge in [-0.1, -0.05) is 18.9 Å². The fourth-order valence-corrected chi connectivity index (χ4v) is 3.94. The van der Waals surface area contributed by atoms with Gasteiger partial charge in [-0.3, -0.25) is 14.9 Å². The van der Waals surface area contributed by atoms with E-state index in [4.69, 9.17) is 5.11 Å². The second kappa shape index (κ2) is 8.30. The molecule has 1 heterocycles. The molecule has 7 nitrogen and oxygen atoms in total. The highest BCUT2D eigenvalue weighted by molar-refractivity contribution is 7.14. The van der Waals surface area contributed by atoms with Gasteiger partial charge in [0.15, 0.2) is 10.9 Å². The van der Waals surface area contributed by atoms with E-state index in [-0.39, 0.29) is 18.1 Å². The Morgan fingerprint density at radius 1 is 1.22 bits per heavy atom. The average molecular weight is 387 g/mol. The van der Waals surface area contributed by atoms with Crippen LogP contribution in [0.1, 0.15) is 47.3 Å². The number of ketones is 1. The maximum Gasteiger partial charge on any atom is 0.325 e. The van der Waals surface area contributed by atoms with E-state index in [1.54, 1.807) is 17.5 Å². The Morgan fingerprint density at radius 3 is 2.67 bits per heavy atom. The zero-order chi connectivity index (χ0) is 19.4. The lowest BCUT2D eigenvalue weighted by Crippen LogP contribution is -2.22. The molecule has 0 saturated heterocycles. The van der Waals surface area contributed by atoms with Gasteiger partial charge in [-0.15, -0.1) is 11.3 Å². The van der Waals surface area contributed by atoms with Crippen LogP contribution in [0.15, 0.2) is 23.6 Å². The lowest BCUT2D eigenvalue weighted by atomic mass is 9.94. The van der Waals surface area contributed by atoms with Crippen molar-refractivity contribution in [2.24, 2.45) is 5.92 Å². The van der Waals surface area contributed by atoms with Crippen molar-refractivity contribution in [3.8, 4) is 0 Å². The van der Waals surface area contributed by atoms with Crippen LogP contribution in [0.3, 0.4) is 0 Å². The molecule has 2 amide bonds. The van der Waals surface area contributed by atoms with Crippen LogP contribution < -0.4 is 10.6 Å². The summed E-state index contributed by atoms with van der Waals surface area (Å²) in [5, 5.41) is 16.0. The number of carbonyl (C=O) groups excluding carboxylic acids is 2. The van der Waals surface area contributed by atoms with Gasteiger partial charge in [-0.2, -0.15) is 0 Å². The molecule has 1 saturated carbocycles. The summed E-state index contributed by atoms with van der Waals surface area (Å²) >= 11 is 1.15. The number of nitrogens with one attached hydrogen (secondary N) is 2. The first-order chi connectivity index (χ1) is 12.9. The smallest absolute Gasteiger partial charge is 0.325 e. The van der Waals surface area contributed by atoms with Crippen LogP contribution in [0.4, 0.5) is 15.6 Å². The maximum absolute atomic E-state index is 12.8. The van der Waals surface area contributed by atoms with Gasteiger partial charge in [-0.05, 0) is 37.5 Å². The number of aromatic nitrogens is 1. The van der Waals surface area contributed by atoms with Gasteiger partial charge in [0.25, 0.3) is 0 Å². The van der Waals surface area contributed by atoms with Crippen LogP contribution in [0, 0.1) is 12.8 Å². The first-order valence-electron chi connectivity index (χ1n) is 8.81. The van der Waals surface area contributed by atoms with Crippen molar-refractivity contribution in [2.75, 3.05) is 10.6 Å². The highest BCUT2D eigenvalue weighted by atomic mass is 32.1. The van der Waals surface area contributed by atoms with Gasteiger partial charge in [0.2, 0.25) is 0 Å². The third kappa shape index (κ3) is 4.91. The highest BCUT2D eigenvalue weighted by Crippen LogP contribution is 2.31. The molecule has 8 heteroatoms. The van der Waals surface area contributed by atoms with Crippen LogP contribution in [0.2, 0.25) is 0 Å². The number of urea groups is 1. The first-order valence-corrected chi connectivity index (χ1v) is 9.69. The Kier molecular flexibility index (Phi) is 5.85. The Hall–Kier alpha value is -2.74. The van der Waals surface area contributed by atoms with Crippen molar-refractivity contribution in [3.63, 3.8) is 0 Å². The average Bonchev–Trinajstić information content (AvgIpc) is 3.26. The highest BCUT2D eigenvalue weighted by Gasteiger charge is 2.26. The van der Waals surface area contributed by atoms with E-state index in [0.717, 1.165) is 42.6 Å². The number of amides is 2. The summed E-state index contributed by atoms with van der Waals surface area (Å²) in [4.78, 5) is 39.9. The molecule has 2 aromatic rings. The van der Waals surface area contributed by atoms with Crippen LogP contribution in [-0.2, 0) is 11.2 Å². The minimum Gasteiger partial charge on any atom is -0.481 e. The lowest BCUT2D eigenvalue weighted by molar-refractivity contribution is -0.136. The number of aryl methyl sites for hydroxylation is 1. The van der Waals surface area contributed by atoms with Gasteiger partial charge in [0.05, 0.1) is 17.8 Å². The summed E-state index contributed by atoms with van der Waals surface area (Å²) < 4.78 is 0. The maximum atomic E-state index is 12.8. The largest absolute Gasteiger partial charge is 0.481 e. The predicted octanol–water partition coefficient (Wildman–Crippen LogP) is 4.10. The molecule has 3 rings (SSSR count). The Labute approximate surface area is 160 Å². The number of benzene rings is 1. The van der Waals surface area contributed by atoms with Crippen molar-refractivity contribution in [3.05, 3.63) is 40.4 Å².